The molecule has 32 heavy (non-hydrogen) atoms. The number of anilines is 2. The van der Waals surface area contributed by atoms with Crippen LogP contribution < -0.4 is 25.0 Å². The van der Waals surface area contributed by atoms with Gasteiger partial charge in [-0.2, -0.15) is 0 Å². The molecule has 172 valence electrons. The lowest BCUT2D eigenvalue weighted by Crippen LogP contribution is -2.49. The molecule has 2 heterocycles. The van der Waals surface area contributed by atoms with Gasteiger partial charge in [0.25, 0.3) is 0 Å². The monoisotopic (exact) mass is 454 g/mol. The molecule has 2 N–H and O–H groups in total. The van der Waals surface area contributed by atoms with Crippen molar-refractivity contribution in [1.82, 2.24) is 10.3 Å². The quantitative estimate of drug-likeness (QED) is 0.696. The third-order valence-electron chi connectivity index (χ3n) is 4.59. The Bertz CT molecular complexity index is 998. The molecule has 0 saturated carbocycles. The van der Waals surface area contributed by atoms with Gasteiger partial charge in [0, 0.05) is 13.2 Å². The molecule has 1 aromatic heterocycles. The molecule has 2 aromatic rings. The summed E-state index contributed by atoms with van der Waals surface area (Å²) in [4.78, 5) is 30.7. The van der Waals surface area contributed by atoms with Crippen LogP contribution in [0.1, 0.15) is 17.3 Å². The number of nitrogens with one attached hydrogen (secondary N) is 2. The number of hydrogen-bond donors (Lipinski definition) is 2. The van der Waals surface area contributed by atoms with Crippen molar-refractivity contribution < 1.29 is 37.0 Å². The first-order valence-electron chi connectivity index (χ1n) is 9.39. The first kappa shape index (κ1) is 23.1. The maximum Gasteiger partial charge on any atom is 0.573 e. The van der Waals surface area contributed by atoms with Crippen molar-refractivity contribution in [1.29, 1.82) is 0 Å². The number of nitrogens with zero attached hydrogens (tertiary/aromatic N) is 2. The van der Waals surface area contributed by atoms with Crippen molar-refractivity contribution >= 4 is 23.4 Å². The molecule has 3 rings (SSSR count). The maximum absolute atomic E-state index is 13.0. The Kier molecular flexibility index (Phi) is 6.72. The third kappa shape index (κ3) is 5.38. The number of carbonyl (C=O) groups is 2. The van der Waals surface area contributed by atoms with E-state index in [0.29, 0.717) is 22.7 Å². The third-order valence-corrected chi connectivity index (χ3v) is 4.59. The number of benzene rings is 1. The smallest absolute Gasteiger partial charge is 0.495 e. The minimum Gasteiger partial charge on any atom is -0.495 e. The summed E-state index contributed by atoms with van der Waals surface area (Å²) in [5.74, 6) is -0.119. The molecule has 1 aromatic carbocycles. The van der Waals surface area contributed by atoms with Gasteiger partial charge in [0.2, 0.25) is 5.91 Å². The van der Waals surface area contributed by atoms with Crippen molar-refractivity contribution in [2.75, 3.05) is 37.6 Å². The molecule has 0 unspecified atom stereocenters. The van der Waals surface area contributed by atoms with Crippen LogP contribution in [0.2, 0.25) is 0 Å². The molecule has 0 radical (unpaired) electrons. The van der Waals surface area contributed by atoms with Crippen LogP contribution in [0, 0.1) is 6.92 Å². The number of urea groups is 1. The first-order valence-corrected chi connectivity index (χ1v) is 9.39. The molecule has 3 amide bonds. The van der Waals surface area contributed by atoms with Gasteiger partial charge in [0.15, 0.2) is 5.82 Å². The summed E-state index contributed by atoms with van der Waals surface area (Å²) in [6.07, 6.45) is -4.81. The summed E-state index contributed by atoms with van der Waals surface area (Å²) in [6.45, 7) is 1.47. The molecule has 0 fully saturated rings. The van der Waals surface area contributed by atoms with Crippen LogP contribution in [-0.4, -0.2) is 50.7 Å². The number of halogens is 3. The molecule has 0 bridgehead atoms. The average molecular weight is 454 g/mol. The highest BCUT2D eigenvalue weighted by Crippen LogP contribution is 2.33. The first-order chi connectivity index (χ1) is 15.1. The number of aryl methyl sites for hydroxylation is 1. The summed E-state index contributed by atoms with van der Waals surface area (Å²) in [7, 11) is 2.88. The van der Waals surface area contributed by atoms with E-state index in [1.54, 1.807) is 13.0 Å². The fourth-order valence-corrected chi connectivity index (χ4v) is 3.17. The van der Waals surface area contributed by atoms with Crippen LogP contribution >= 0.6 is 0 Å². The number of alkyl halides is 3. The van der Waals surface area contributed by atoms with Gasteiger partial charge in [-0.1, -0.05) is 12.1 Å². The average Bonchev–Trinajstić information content (AvgIpc) is 2.72. The SMILES string of the molecule is COC[C@H](NC(=O)N1CC(=O)Nc2cc(OC)c(C)nc21)c1ccc(OC(F)(F)F)cc1. The zero-order chi connectivity index (χ0) is 23.5. The largest absolute Gasteiger partial charge is 0.573 e. The lowest BCUT2D eigenvalue weighted by Gasteiger charge is -2.30. The van der Waals surface area contributed by atoms with Crippen LogP contribution in [0.4, 0.5) is 29.5 Å². The van der Waals surface area contributed by atoms with Crippen molar-refractivity contribution in [3.8, 4) is 11.5 Å². The highest BCUT2D eigenvalue weighted by Gasteiger charge is 2.32. The summed E-state index contributed by atoms with van der Waals surface area (Å²) in [5.41, 5.74) is 1.32. The van der Waals surface area contributed by atoms with Crippen molar-refractivity contribution in [2.45, 2.75) is 19.3 Å². The zero-order valence-corrected chi connectivity index (χ0v) is 17.4. The second-order valence-corrected chi connectivity index (χ2v) is 6.86. The van der Waals surface area contributed by atoms with E-state index in [1.807, 2.05) is 0 Å². The summed E-state index contributed by atoms with van der Waals surface area (Å²) >= 11 is 0. The number of amides is 3. The Hall–Kier alpha value is -3.54. The Morgan fingerprint density at radius 3 is 2.56 bits per heavy atom. The normalized spacial score (nSPS) is 14.3. The molecular formula is C20H21F3N4O5. The second kappa shape index (κ2) is 9.30. The second-order valence-electron chi connectivity index (χ2n) is 6.86. The number of rotatable bonds is 6. The number of methoxy groups -OCH3 is 2. The van der Waals surface area contributed by atoms with E-state index in [9.17, 15) is 22.8 Å². The van der Waals surface area contributed by atoms with Gasteiger partial charge in [-0.3, -0.25) is 9.69 Å². The van der Waals surface area contributed by atoms with Crippen LogP contribution in [-0.2, 0) is 9.53 Å². The van der Waals surface area contributed by atoms with Crippen molar-refractivity contribution in [2.24, 2.45) is 0 Å². The van der Waals surface area contributed by atoms with E-state index in [0.717, 1.165) is 12.1 Å². The molecule has 1 atom stereocenters. The number of ether oxygens (including phenoxy) is 3. The fraction of sp³-hybridized carbons (Fsp3) is 0.350. The Morgan fingerprint density at radius 2 is 1.97 bits per heavy atom. The molecule has 12 heteroatoms. The summed E-state index contributed by atoms with van der Waals surface area (Å²) < 4.78 is 51.3. The fourth-order valence-electron chi connectivity index (χ4n) is 3.17. The van der Waals surface area contributed by atoms with Gasteiger partial charge in [0.05, 0.1) is 31.1 Å². The van der Waals surface area contributed by atoms with Gasteiger partial charge in [-0.15, -0.1) is 13.2 Å². The van der Waals surface area contributed by atoms with Crippen molar-refractivity contribution in [3.63, 3.8) is 0 Å². The predicted molar refractivity (Wildman–Crippen MR) is 108 cm³/mol. The van der Waals surface area contributed by atoms with Gasteiger partial charge in [0.1, 0.15) is 18.0 Å². The minimum absolute atomic E-state index is 0.0349. The van der Waals surface area contributed by atoms with Gasteiger partial charge < -0.3 is 24.8 Å². The molecule has 0 aliphatic carbocycles. The number of hydrogen-bond acceptors (Lipinski definition) is 6. The van der Waals surface area contributed by atoms with E-state index in [4.69, 9.17) is 9.47 Å². The standard InChI is InChI=1S/C20H21F3N4O5/c1-11-16(31-3)8-14-18(24-11)27(9-17(28)25-14)19(29)26-15(10-30-2)12-4-6-13(7-5-12)32-20(21,22)23/h4-8,15H,9-10H2,1-3H3,(H,25,28)(H,26,29)/t15-/m0/s1. The number of carbonyl (C=O) groups excluding carboxylic acids is 2. The molecule has 0 saturated heterocycles. The molecule has 0 spiro atoms. The number of aromatic nitrogens is 1. The predicted octanol–water partition coefficient (Wildman–Crippen LogP) is 3.15. The van der Waals surface area contributed by atoms with Crippen LogP contribution in [0.25, 0.3) is 0 Å². The molecule has 9 nitrogen and oxygen atoms in total. The highest BCUT2D eigenvalue weighted by molar-refractivity contribution is 6.08. The van der Waals surface area contributed by atoms with Crippen LogP contribution in [0.3, 0.4) is 0 Å². The Morgan fingerprint density at radius 1 is 1.28 bits per heavy atom. The van der Waals surface area contributed by atoms with Gasteiger partial charge >= 0.3 is 12.4 Å². The van der Waals surface area contributed by atoms with Crippen LogP contribution in [0.5, 0.6) is 11.5 Å². The molecular weight excluding hydrogens is 433 g/mol. The van der Waals surface area contributed by atoms with E-state index in [1.165, 1.54) is 31.3 Å². The number of pyridine rings is 1. The minimum atomic E-state index is -4.81. The van der Waals surface area contributed by atoms with E-state index in [-0.39, 0.29) is 24.7 Å². The maximum atomic E-state index is 13.0. The van der Waals surface area contributed by atoms with Crippen molar-refractivity contribution in [3.05, 3.63) is 41.6 Å². The van der Waals surface area contributed by atoms with E-state index in [2.05, 4.69) is 20.4 Å². The molecule has 1 aliphatic rings. The van der Waals surface area contributed by atoms with Gasteiger partial charge in [-0.05, 0) is 24.6 Å². The van der Waals surface area contributed by atoms with E-state index < -0.39 is 24.3 Å². The highest BCUT2D eigenvalue weighted by atomic mass is 19.4. The summed E-state index contributed by atoms with van der Waals surface area (Å²) in [5, 5.41) is 5.38. The number of fused-ring (bicyclic) bond motifs is 1. The molecule has 1 aliphatic heterocycles. The lowest BCUT2D eigenvalue weighted by atomic mass is 10.1. The topological polar surface area (TPSA) is 102 Å². The summed E-state index contributed by atoms with van der Waals surface area (Å²) in [6, 6.07) is 5.28. The Labute approximate surface area is 181 Å². The van der Waals surface area contributed by atoms with Crippen LogP contribution in [0.15, 0.2) is 30.3 Å². The van der Waals surface area contributed by atoms with E-state index >= 15 is 0 Å². The zero-order valence-electron chi connectivity index (χ0n) is 17.4. The lowest BCUT2D eigenvalue weighted by molar-refractivity contribution is -0.274. The van der Waals surface area contributed by atoms with Gasteiger partial charge in [-0.25, -0.2) is 9.78 Å². The Balaban J connectivity index is 1.82.